The van der Waals surface area contributed by atoms with Crippen LogP contribution in [0, 0.1) is 0 Å². The molecule has 1 aliphatic rings. The second-order valence-corrected chi connectivity index (χ2v) is 6.72. The first-order chi connectivity index (χ1) is 14.0. The van der Waals surface area contributed by atoms with Gasteiger partial charge in [-0.1, -0.05) is 30.3 Å². The summed E-state index contributed by atoms with van der Waals surface area (Å²) in [4.78, 5) is 42.7. The lowest BCUT2D eigenvalue weighted by molar-refractivity contribution is -0.133. The van der Waals surface area contributed by atoms with Crippen molar-refractivity contribution in [1.29, 1.82) is 0 Å². The molecule has 1 aliphatic heterocycles. The maximum Gasteiger partial charge on any atom is 0.325 e. The molecule has 4 rings (SSSR count). The number of hydrogen-bond acceptors (Lipinski definition) is 5. The average Bonchev–Trinajstić information content (AvgIpc) is 3.33. The molecule has 1 saturated heterocycles. The number of hydrogen-bond donors (Lipinski definition) is 2. The van der Waals surface area contributed by atoms with E-state index in [1.807, 2.05) is 6.07 Å². The molecule has 146 valence electrons. The van der Waals surface area contributed by atoms with Crippen molar-refractivity contribution in [3.8, 4) is 5.82 Å². The van der Waals surface area contributed by atoms with E-state index >= 15 is 0 Å². The van der Waals surface area contributed by atoms with E-state index in [4.69, 9.17) is 0 Å². The van der Waals surface area contributed by atoms with Crippen LogP contribution < -0.4 is 10.6 Å². The summed E-state index contributed by atoms with van der Waals surface area (Å²) in [5.74, 6) is -0.379. The quantitative estimate of drug-likeness (QED) is 0.644. The van der Waals surface area contributed by atoms with Gasteiger partial charge in [0.1, 0.15) is 12.1 Å². The van der Waals surface area contributed by atoms with Gasteiger partial charge in [-0.2, -0.15) is 5.10 Å². The zero-order chi connectivity index (χ0) is 20.4. The summed E-state index contributed by atoms with van der Waals surface area (Å²) in [6, 6.07) is 13.4. The van der Waals surface area contributed by atoms with Gasteiger partial charge in [0.15, 0.2) is 5.82 Å². The third-order valence-corrected chi connectivity index (χ3v) is 4.70. The molecule has 1 aromatic carbocycles. The van der Waals surface area contributed by atoms with Crippen molar-refractivity contribution in [3.05, 3.63) is 72.7 Å². The van der Waals surface area contributed by atoms with E-state index in [9.17, 15) is 14.4 Å². The van der Waals surface area contributed by atoms with Crippen LogP contribution in [0.5, 0.6) is 0 Å². The van der Waals surface area contributed by atoms with Crippen molar-refractivity contribution in [2.24, 2.45) is 0 Å². The molecule has 2 aromatic heterocycles. The Bertz CT molecular complexity index is 1050. The van der Waals surface area contributed by atoms with Crippen LogP contribution in [0.4, 0.5) is 10.5 Å². The van der Waals surface area contributed by atoms with Gasteiger partial charge >= 0.3 is 6.03 Å². The summed E-state index contributed by atoms with van der Waals surface area (Å²) in [5.41, 5.74) is -0.102. The van der Waals surface area contributed by atoms with E-state index in [2.05, 4.69) is 20.7 Å². The zero-order valence-corrected chi connectivity index (χ0v) is 15.6. The predicted molar refractivity (Wildman–Crippen MR) is 104 cm³/mol. The minimum absolute atomic E-state index is 0.395. The average molecular weight is 390 g/mol. The summed E-state index contributed by atoms with van der Waals surface area (Å²) in [5, 5.41) is 9.40. The fourth-order valence-corrected chi connectivity index (χ4v) is 3.15. The first-order valence-corrected chi connectivity index (χ1v) is 8.93. The highest BCUT2D eigenvalue weighted by Gasteiger charge is 2.49. The number of nitrogens with one attached hydrogen (secondary N) is 2. The van der Waals surface area contributed by atoms with Crippen LogP contribution in [-0.2, 0) is 15.1 Å². The number of imide groups is 1. The van der Waals surface area contributed by atoms with Crippen molar-refractivity contribution >= 4 is 23.5 Å². The lowest BCUT2D eigenvalue weighted by Crippen LogP contribution is -2.42. The van der Waals surface area contributed by atoms with E-state index in [1.165, 1.54) is 6.20 Å². The Hall–Kier alpha value is -4.01. The number of carbonyl (C=O) groups excluding carboxylic acids is 3. The van der Waals surface area contributed by atoms with E-state index in [-0.39, 0.29) is 0 Å². The van der Waals surface area contributed by atoms with Gasteiger partial charge in [-0.3, -0.25) is 14.5 Å². The molecule has 0 saturated carbocycles. The molecule has 3 aromatic rings. The maximum absolute atomic E-state index is 12.8. The predicted octanol–water partition coefficient (Wildman–Crippen LogP) is 1.67. The molecule has 0 aliphatic carbocycles. The molecule has 3 heterocycles. The molecule has 29 heavy (non-hydrogen) atoms. The van der Waals surface area contributed by atoms with Gasteiger partial charge in [-0.25, -0.2) is 14.5 Å². The van der Waals surface area contributed by atoms with E-state index in [1.54, 1.807) is 66.5 Å². The van der Waals surface area contributed by atoms with Gasteiger partial charge in [0, 0.05) is 12.4 Å². The summed E-state index contributed by atoms with van der Waals surface area (Å²) in [6.07, 6.45) is 4.87. The number of urea groups is 1. The number of amides is 4. The number of nitrogens with zero attached hydrogens (tertiary/aromatic N) is 4. The highest BCUT2D eigenvalue weighted by Crippen LogP contribution is 2.28. The molecule has 9 nitrogen and oxygen atoms in total. The monoisotopic (exact) mass is 390 g/mol. The minimum Gasteiger partial charge on any atom is -0.323 e. The standard InChI is InChI=1S/C20H18N6O3/c1-20(14-6-3-2-4-7-14)18(28)25(19(29)24-20)13-17(27)23-15-8-9-16(21-12-15)26-11-5-10-22-26/h2-12H,13H2,1H3,(H,23,27)(H,24,29)/t20-/m1/s1. The lowest BCUT2D eigenvalue weighted by Gasteiger charge is -2.22. The molecule has 1 fully saturated rings. The van der Waals surface area contributed by atoms with Crippen molar-refractivity contribution in [2.45, 2.75) is 12.5 Å². The number of anilines is 1. The second-order valence-electron chi connectivity index (χ2n) is 6.72. The topological polar surface area (TPSA) is 109 Å². The molecule has 2 N–H and O–H groups in total. The Labute approximate surface area is 166 Å². The molecule has 0 spiro atoms. The number of pyridine rings is 1. The highest BCUT2D eigenvalue weighted by atomic mass is 16.2. The van der Waals surface area contributed by atoms with E-state index in [0.717, 1.165) is 4.90 Å². The van der Waals surface area contributed by atoms with Crippen molar-refractivity contribution in [3.63, 3.8) is 0 Å². The molecule has 0 bridgehead atoms. The van der Waals surface area contributed by atoms with Crippen LogP contribution in [0.2, 0.25) is 0 Å². The van der Waals surface area contributed by atoms with Crippen molar-refractivity contribution in [2.75, 3.05) is 11.9 Å². The minimum atomic E-state index is -1.20. The Morgan fingerprint density at radius 3 is 2.59 bits per heavy atom. The highest BCUT2D eigenvalue weighted by molar-refractivity contribution is 6.10. The van der Waals surface area contributed by atoms with Crippen molar-refractivity contribution in [1.82, 2.24) is 25.0 Å². The Balaban J connectivity index is 1.43. The van der Waals surface area contributed by atoms with Gasteiger partial charge in [0.05, 0.1) is 11.9 Å². The van der Waals surface area contributed by atoms with Gasteiger partial charge in [-0.15, -0.1) is 0 Å². The summed E-state index contributed by atoms with van der Waals surface area (Å²) in [7, 11) is 0. The maximum atomic E-state index is 12.8. The van der Waals surface area contributed by atoms with Gasteiger partial charge in [-0.05, 0) is 30.7 Å². The van der Waals surface area contributed by atoms with Crippen LogP contribution in [0.1, 0.15) is 12.5 Å². The summed E-state index contributed by atoms with van der Waals surface area (Å²) in [6.45, 7) is 1.23. The third-order valence-electron chi connectivity index (χ3n) is 4.70. The summed E-state index contributed by atoms with van der Waals surface area (Å²) >= 11 is 0. The molecular formula is C20H18N6O3. The Morgan fingerprint density at radius 1 is 1.14 bits per heavy atom. The van der Waals surface area contributed by atoms with Gasteiger partial charge < -0.3 is 10.6 Å². The molecule has 0 radical (unpaired) electrons. The number of benzene rings is 1. The molecule has 0 unspecified atom stereocenters. The number of carbonyl (C=O) groups is 3. The molecule has 4 amide bonds. The third kappa shape index (κ3) is 3.45. The van der Waals surface area contributed by atoms with Crippen LogP contribution in [0.15, 0.2) is 67.1 Å². The smallest absolute Gasteiger partial charge is 0.323 e. The fraction of sp³-hybridized carbons (Fsp3) is 0.150. The Morgan fingerprint density at radius 2 is 1.93 bits per heavy atom. The van der Waals surface area contributed by atoms with E-state index < -0.39 is 29.9 Å². The van der Waals surface area contributed by atoms with Gasteiger partial charge in [0.25, 0.3) is 5.91 Å². The van der Waals surface area contributed by atoms with Crippen LogP contribution in [-0.4, -0.2) is 44.1 Å². The van der Waals surface area contributed by atoms with Gasteiger partial charge in [0.2, 0.25) is 5.91 Å². The molecule has 1 atom stereocenters. The largest absolute Gasteiger partial charge is 0.325 e. The van der Waals surface area contributed by atoms with Crippen LogP contribution in [0.3, 0.4) is 0 Å². The first kappa shape index (κ1) is 18.4. The molecule has 9 heteroatoms. The normalized spacial score (nSPS) is 18.6. The summed E-state index contributed by atoms with van der Waals surface area (Å²) < 4.78 is 1.59. The fourth-order valence-electron chi connectivity index (χ4n) is 3.15. The lowest BCUT2D eigenvalue weighted by atomic mass is 9.92. The SMILES string of the molecule is C[C@]1(c2ccccc2)NC(=O)N(CC(=O)Nc2ccc(-n3cccn3)nc2)C1=O. The van der Waals surface area contributed by atoms with Crippen LogP contribution >= 0.6 is 0 Å². The molecular weight excluding hydrogens is 372 g/mol. The number of aromatic nitrogens is 3. The first-order valence-electron chi connectivity index (χ1n) is 8.93. The second kappa shape index (κ2) is 7.19. The van der Waals surface area contributed by atoms with Crippen molar-refractivity contribution < 1.29 is 14.4 Å². The Kier molecular flexibility index (Phi) is 4.55. The van der Waals surface area contributed by atoms with E-state index in [0.29, 0.717) is 17.1 Å². The zero-order valence-electron chi connectivity index (χ0n) is 15.6. The number of rotatable bonds is 5. The van der Waals surface area contributed by atoms with Crippen LogP contribution in [0.25, 0.3) is 5.82 Å².